The normalized spacial score (nSPS) is 10.6. The predicted molar refractivity (Wildman–Crippen MR) is 107 cm³/mol. The fraction of sp³-hybridized carbons (Fsp3) is 0.200. The molecule has 1 N–H and O–H groups in total. The van der Waals surface area contributed by atoms with Gasteiger partial charge >= 0.3 is 0 Å². The Kier molecular flexibility index (Phi) is 5.34. The van der Waals surface area contributed by atoms with Gasteiger partial charge in [-0.2, -0.15) is 4.98 Å². The number of halogens is 1. The highest BCUT2D eigenvalue weighted by atomic mass is 79.9. The molecular weight excluding hydrogens is 376 g/mol. The molecule has 0 aliphatic rings. The average molecular weight is 397 g/mol. The number of nitrogens with one attached hydrogen (secondary N) is 1. The molecule has 0 bridgehead atoms. The van der Waals surface area contributed by atoms with Gasteiger partial charge in [0.15, 0.2) is 0 Å². The lowest BCUT2D eigenvalue weighted by atomic mass is 10.2. The van der Waals surface area contributed by atoms with Gasteiger partial charge in [0.05, 0.1) is 0 Å². The summed E-state index contributed by atoms with van der Waals surface area (Å²) in [5.41, 5.74) is 4.35. The van der Waals surface area contributed by atoms with Crippen LogP contribution in [0.1, 0.15) is 16.8 Å². The Bertz CT molecular complexity index is 865. The SMILES string of the molecule is Cc1cc(Nc2ccc(Br)c(C)c2)nc(N(C)Cc2ccccc2)n1. The number of benzene rings is 2. The van der Waals surface area contributed by atoms with Gasteiger partial charge in [-0.3, -0.25) is 0 Å². The molecule has 0 unspecified atom stereocenters. The first kappa shape index (κ1) is 17.4. The molecule has 0 atom stereocenters. The van der Waals surface area contributed by atoms with Gasteiger partial charge in [0.2, 0.25) is 5.95 Å². The fourth-order valence-corrected chi connectivity index (χ4v) is 2.83. The molecule has 128 valence electrons. The molecule has 3 aromatic rings. The van der Waals surface area contributed by atoms with Crippen LogP contribution in [0, 0.1) is 13.8 Å². The summed E-state index contributed by atoms with van der Waals surface area (Å²) in [6.45, 7) is 4.82. The van der Waals surface area contributed by atoms with Crippen molar-refractivity contribution in [3.8, 4) is 0 Å². The van der Waals surface area contributed by atoms with Crippen LogP contribution in [0.4, 0.5) is 17.5 Å². The summed E-state index contributed by atoms with van der Waals surface area (Å²) in [4.78, 5) is 11.3. The fourth-order valence-electron chi connectivity index (χ4n) is 2.59. The number of hydrogen-bond donors (Lipinski definition) is 1. The third kappa shape index (κ3) is 4.57. The molecule has 0 aliphatic heterocycles. The van der Waals surface area contributed by atoms with Gasteiger partial charge in [0.25, 0.3) is 0 Å². The van der Waals surface area contributed by atoms with Crippen molar-refractivity contribution >= 4 is 33.4 Å². The quantitative estimate of drug-likeness (QED) is 0.640. The lowest BCUT2D eigenvalue weighted by molar-refractivity contribution is 0.861. The molecule has 0 saturated carbocycles. The van der Waals surface area contributed by atoms with Crippen LogP contribution in [0.2, 0.25) is 0 Å². The number of nitrogens with zero attached hydrogens (tertiary/aromatic N) is 3. The molecular formula is C20H21BrN4. The Balaban J connectivity index is 1.81. The number of hydrogen-bond acceptors (Lipinski definition) is 4. The van der Waals surface area contributed by atoms with E-state index >= 15 is 0 Å². The van der Waals surface area contributed by atoms with E-state index in [9.17, 15) is 0 Å². The third-order valence-electron chi connectivity index (χ3n) is 3.88. The zero-order chi connectivity index (χ0) is 17.8. The topological polar surface area (TPSA) is 41.1 Å². The Hall–Kier alpha value is -2.40. The zero-order valence-electron chi connectivity index (χ0n) is 14.6. The minimum atomic E-state index is 0.709. The Labute approximate surface area is 157 Å². The Morgan fingerprint density at radius 3 is 2.48 bits per heavy atom. The van der Waals surface area contributed by atoms with E-state index in [1.807, 2.05) is 50.4 Å². The maximum absolute atomic E-state index is 4.67. The molecule has 3 rings (SSSR count). The smallest absolute Gasteiger partial charge is 0.227 e. The monoisotopic (exact) mass is 396 g/mol. The van der Waals surface area contributed by atoms with Crippen molar-refractivity contribution in [1.29, 1.82) is 0 Å². The lowest BCUT2D eigenvalue weighted by Crippen LogP contribution is -2.19. The minimum absolute atomic E-state index is 0.709. The summed E-state index contributed by atoms with van der Waals surface area (Å²) in [5, 5.41) is 3.37. The molecule has 1 aromatic heterocycles. The maximum atomic E-state index is 4.67. The molecule has 0 radical (unpaired) electrons. The van der Waals surface area contributed by atoms with Crippen LogP contribution in [0.3, 0.4) is 0 Å². The standard InChI is InChI=1S/C20H21BrN4/c1-14-11-17(9-10-18(14)21)23-19-12-15(2)22-20(24-19)25(3)13-16-7-5-4-6-8-16/h4-12H,13H2,1-3H3,(H,22,23,24). The van der Waals surface area contributed by atoms with Gasteiger partial charge in [-0.1, -0.05) is 46.3 Å². The van der Waals surface area contributed by atoms with Gasteiger partial charge in [0, 0.05) is 35.5 Å². The second-order valence-corrected chi connectivity index (χ2v) is 6.98. The highest BCUT2D eigenvalue weighted by Gasteiger charge is 2.09. The lowest BCUT2D eigenvalue weighted by Gasteiger charge is -2.19. The first-order valence-electron chi connectivity index (χ1n) is 8.15. The van der Waals surface area contributed by atoms with Crippen molar-refractivity contribution < 1.29 is 0 Å². The number of aromatic nitrogens is 2. The summed E-state index contributed by atoms with van der Waals surface area (Å²) >= 11 is 3.53. The molecule has 2 aromatic carbocycles. The van der Waals surface area contributed by atoms with Gasteiger partial charge in [-0.15, -0.1) is 0 Å². The van der Waals surface area contributed by atoms with E-state index in [1.54, 1.807) is 0 Å². The van der Waals surface area contributed by atoms with Crippen molar-refractivity contribution in [2.45, 2.75) is 20.4 Å². The molecule has 0 fully saturated rings. The van der Waals surface area contributed by atoms with Crippen molar-refractivity contribution in [2.24, 2.45) is 0 Å². The second kappa shape index (κ2) is 7.66. The average Bonchev–Trinajstić information content (AvgIpc) is 2.58. The summed E-state index contributed by atoms with van der Waals surface area (Å²) in [6, 6.07) is 18.4. The Morgan fingerprint density at radius 2 is 1.76 bits per heavy atom. The van der Waals surface area contributed by atoms with Crippen LogP contribution in [0.5, 0.6) is 0 Å². The van der Waals surface area contributed by atoms with Crippen LogP contribution in [-0.2, 0) is 6.54 Å². The Morgan fingerprint density at radius 1 is 1.00 bits per heavy atom. The van der Waals surface area contributed by atoms with Gasteiger partial charge < -0.3 is 10.2 Å². The first-order chi connectivity index (χ1) is 12.0. The molecule has 0 amide bonds. The van der Waals surface area contributed by atoms with E-state index in [2.05, 4.69) is 61.2 Å². The van der Waals surface area contributed by atoms with Gasteiger partial charge in [0.1, 0.15) is 5.82 Å². The molecule has 4 nitrogen and oxygen atoms in total. The van der Waals surface area contributed by atoms with Crippen LogP contribution < -0.4 is 10.2 Å². The third-order valence-corrected chi connectivity index (χ3v) is 4.77. The number of rotatable bonds is 5. The van der Waals surface area contributed by atoms with Crippen molar-refractivity contribution in [3.63, 3.8) is 0 Å². The van der Waals surface area contributed by atoms with E-state index in [0.717, 1.165) is 28.2 Å². The zero-order valence-corrected chi connectivity index (χ0v) is 16.2. The summed E-state index contributed by atoms with van der Waals surface area (Å²) in [5.74, 6) is 1.50. The minimum Gasteiger partial charge on any atom is -0.340 e. The van der Waals surface area contributed by atoms with Gasteiger partial charge in [-0.25, -0.2) is 4.98 Å². The van der Waals surface area contributed by atoms with Crippen molar-refractivity contribution in [1.82, 2.24) is 9.97 Å². The van der Waals surface area contributed by atoms with E-state index in [1.165, 1.54) is 11.1 Å². The van der Waals surface area contributed by atoms with Crippen LogP contribution in [-0.4, -0.2) is 17.0 Å². The molecule has 0 saturated heterocycles. The predicted octanol–water partition coefficient (Wildman–Crippen LogP) is 5.24. The highest BCUT2D eigenvalue weighted by molar-refractivity contribution is 9.10. The van der Waals surface area contributed by atoms with Crippen molar-refractivity contribution in [2.75, 3.05) is 17.3 Å². The van der Waals surface area contributed by atoms with E-state index < -0.39 is 0 Å². The first-order valence-corrected chi connectivity index (χ1v) is 8.94. The van der Waals surface area contributed by atoms with Crippen molar-refractivity contribution in [3.05, 3.63) is 75.9 Å². The van der Waals surface area contributed by atoms with E-state index in [-0.39, 0.29) is 0 Å². The van der Waals surface area contributed by atoms with E-state index in [0.29, 0.717) is 5.95 Å². The molecule has 25 heavy (non-hydrogen) atoms. The maximum Gasteiger partial charge on any atom is 0.227 e. The summed E-state index contributed by atoms with van der Waals surface area (Å²) in [6.07, 6.45) is 0. The molecule has 0 spiro atoms. The van der Waals surface area contributed by atoms with Gasteiger partial charge in [-0.05, 0) is 43.2 Å². The van der Waals surface area contributed by atoms with E-state index in [4.69, 9.17) is 0 Å². The number of aryl methyl sites for hydroxylation is 2. The summed E-state index contributed by atoms with van der Waals surface area (Å²) < 4.78 is 1.10. The molecule has 1 heterocycles. The van der Waals surface area contributed by atoms with Crippen LogP contribution >= 0.6 is 15.9 Å². The van der Waals surface area contributed by atoms with Crippen LogP contribution in [0.25, 0.3) is 0 Å². The second-order valence-electron chi connectivity index (χ2n) is 6.13. The summed E-state index contributed by atoms with van der Waals surface area (Å²) in [7, 11) is 2.01. The molecule has 5 heteroatoms. The highest BCUT2D eigenvalue weighted by Crippen LogP contribution is 2.23. The largest absolute Gasteiger partial charge is 0.340 e. The number of anilines is 3. The molecule has 0 aliphatic carbocycles. The van der Waals surface area contributed by atoms with Crippen LogP contribution in [0.15, 0.2) is 59.1 Å².